The van der Waals surface area contributed by atoms with Gasteiger partial charge in [-0.15, -0.1) is 0 Å². The first-order chi connectivity index (χ1) is 27.9. The Hall–Kier alpha value is -4.39. The maximum absolute atomic E-state index is 14.5. The van der Waals surface area contributed by atoms with E-state index in [0.29, 0.717) is 18.4 Å². The van der Waals surface area contributed by atoms with Crippen LogP contribution in [0.5, 0.6) is 0 Å². The van der Waals surface area contributed by atoms with Crippen molar-refractivity contribution in [3.63, 3.8) is 0 Å². The molecule has 57 heavy (non-hydrogen) atoms. The fraction of sp³-hybridized carbons (Fsp3) is 0.419. The first kappa shape index (κ1) is 43.7. The molecule has 13 nitrogen and oxygen atoms in total. The van der Waals surface area contributed by atoms with Crippen LogP contribution in [0.3, 0.4) is 0 Å². The van der Waals surface area contributed by atoms with Crippen LogP contribution in [0.1, 0.15) is 72.1 Å². The summed E-state index contributed by atoms with van der Waals surface area (Å²) in [4.78, 5) is 17.1. The molecule has 1 aliphatic heterocycles. The lowest BCUT2D eigenvalue weighted by Crippen LogP contribution is -2.62. The van der Waals surface area contributed by atoms with Gasteiger partial charge in [0.15, 0.2) is 6.10 Å². The molecular formula is C43H52N3O10P. The highest BCUT2D eigenvalue weighted by Crippen LogP contribution is 2.53. The number of nitrogens with zero attached hydrogens (tertiary/aromatic N) is 3. The van der Waals surface area contributed by atoms with Gasteiger partial charge in [-0.05, 0) is 46.7 Å². The van der Waals surface area contributed by atoms with Gasteiger partial charge in [-0.2, -0.15) is 0 Å². The normalized spacial score (nSPS) is 19.4. The van der Waals surface area contributed by atoms with E-state index in [0.717, 1.165) is 29.5 Å². The van der Waals surface area contributed by atoms with Crippen molar-refractivity contribution in [1.29, 1.82) is 0 Å². The predicted molar refractivity (Wildman–Crippen MR) is 214 cm³/mol. The molecule has 0 radical (unpaired) electrons. The van der Waals surface area contributed by atoms with Crippen LogP contribution in [-0.4, -0.2) is 56.5 Å². The van der Waals surface area contributed by atoms with Crippen molar-refractivity contribution in [2.24, 2.45) is 5.11 Å². The van der Waals surface area contributed by atoms with Crippen LogP contribution < -0.4 is 0 Å². The molecular weight excluding hydrogens is 749 g/mol. The second kappa shape index (κ2) is 23.7. The quantitative estimate of drug-likeness (QED) is 0.0167. The van der Waals surface area contributed by atoms with Crippen LogP contribution in [0.15, 0.2) is 120 Å². The number of ether oxygens (including phenoxy) is 5. The molecule has 0 spiro atoms. The fourth-order valence-corrected chi connectivity index (χ4v) is 7.36. The van der Waals surface area contributed by atoms with Gasteiger partial charge in [-0.3, -0.25) is 13.6 Å². The Morgan fingerprint density at radius 2 is 1.25 bits per heavy atom. The first-order valence-electron chi connectivity index (χ1n) is 19.4. The smallest absolute Gasteiger partial charge is 0.450 e. The van der Waals surface area contributed by atoms with Crippen molar-refractivity contribution in [1.82, 2.24) is 0 Å². The minimum atomic E-state index is -4.32. The minimum absolute atomic E-state index is 0.00670. The zero-order valence-electron chi connectivity index (χ0n) is 32.5. The van der Waals surface area contributed by atoms with E-state index in [2.05, 4.69) is 10.0 Å². The van der Waals surface area contributed by atoms with Gasteiger partial charge >= 0.3 is 13.8 Å². The van der Waals surface area contributed by atoms with Crippen molar-refractivity contribution < 1.29 is 46.6 Å². The van der Waals surface area contributed by atoms with Gasteiger partial charge in [0.25, 0.3) is 0 Å². The second-order valence-electron chi connectivity index (χ2n) is 13.4. The monoisotopic (exact) mass is 801 g/mol. The third kappa shape index (κ3) is 13.9. The molecule has 4 aromatic carbocycles. The number of hydrogen-bond acceptors (Lipinski definition) is 11. The summed E-state index contributed by atoms with van der Waals surface area (Å²) >= 11 is 0. The standard InChI is InChI=1S/C43H52N3O10P/c1-3-5-26-52-57(48,53-27-6-4-2)56-43-41(55-42(47)37-25-17-16-24-36(37)28-45-46-44)40(51-31-35-22-14-9-15-23-35)39(50-30-34-20-12-8-13-21-34)38(54-43)32-49-29-33-18-10-7-11-19-33/h7-25,38-41,43H,3-6,26-32H2,1-2H3. The maximum atomic E-state index is 14.5. The van der Waals surface area contributed by atoms with E-state index in [-0.39, 0.29) is 51.7 Å². The Kier molecular flexibility index (Phi) is 18.2. The number of carbonyl (C=O) groups is 1. The van der Waals surface area contributed by atoms with E-state index < -0.39 is 44.5 Å². The molecule has 0 amide bonds. The largest absolute Gasteiger partial charge is 0.477 e. The third-order valence-corrected chi connectivity index (χ3v) is 10.5. The van der Waals surface area contributed by atoms with E-state index >= 15 is 0 Å². The van der Waals surface area contributed by atoms with Crippen molar-refractivity contribution in [3.8, 4) is 0 Å². The first-order valence-corrected chi connectivity index (χ1v) is 20.8. The highest BCUT2D eigenvalue weighted by molar-refractivity contribution is 7.48. The number of phosphoric ester groups is 1. The molecule has 1 aliphatic rings. The number of benzene rings is 4. The molecule has 5 rings (SSSR count). The Bertz CT molecular complexity index is 1850. The Morgan fingerprint density at radius 1 is 0.719 bits per heavy atom. The minimum Gasteiger partial charge on any atom is -0.450 e. The fourth-order valence-electron chi connectivity index (χ4n) is 6.03. The summed E-state index contributed by atoms with van der Waals surface area (Å²) in [5.74, 6) is -0.775. The van der Waals surface area contributed by atoms with E-state index in [9.17, 15) is 9.36 Å². The van der Waals surface area contributed by atoms with Crippen molar-refractivity contribution in [3.05, 3.63) is 154 Å². The summed E-state index contributed by atoms with van der Waals surface area (Å²) in [5.41, 5.74) is 12.3. The maximum Gasteiger partial charge on any atom is 0.477 e. The van der Waals surface area contributed by atoms with E-state index in [1.165, 1.54) is 0 Å². The number of rotatable bonds is 24. The Labute approximate surface area is 334 Å². The number of esters is 1. The lowest BCUT2D eigenvalue weighted by atomic mass is 9.97. The summed E-state index contributed by atoms with van der Waals surface area (Å²) in [6.45, 7) is 4.61. The molecule has 0 aromatic heterocycles. The number of hydrogen-bond donors (Lipinski definition) is 0. The highest BCUT2D eigenvalue weighted by Gasteiger charge is 2.53. The summed E-state index contributed by atoms with van der Waals surface area (Å²) in [5, 5.41) is 3.66. The molecule has 1 fully saturated rings. The molecule has 14 heteroatoms. The number of azide groups is 1. The summed E-state index contributed by atoms with van der Waals surface area (Å²) in [6.07, 6.45) is -2.99. The van der Waals surface area contributed by atoms with Crippen LogP contribution >= 0.6 is 7.82 Å². The summed E-state index contributed by atoms with van der Waals surface area (Å²) < 4.78 is 64.9. The molecule has 1 heterocycles. The molecule has 0 bridgehead atoms. The third-order valence-electron chi connectivity index (χ3n) is 9.07. The lowest BCUT2D eigenvalue weighted by Gasteiger charge is -2.45. The topological polar surface area (TPSA) is 157 Å². The van der Waals surface area contributed by atoms with Gasteiger partial charge in [0.1, 0.15) is 18.3 Å². The summed E-state index contributed by atoms with van der Waals surface area (Å²) in [7, 11) is -4.32. The molecule has 5 atom stereocenters. The van der Waals surface area contributed by atoms with E-state index in [4.69, 9.17) is 42.8 Å². The zero-order valence-corrected chi connectivity index (χ0v) is 33.4. The van der Waals surface area contributed by atoms with Crippen LogP contribution in [-0.2, 0) is 68.2 Å². The highest BCUT2D eigenvalue weighted by atomic mass is 31.2. The van der Waals surface area contributed by atoms with Crippen molar-refractivity contribution in [2.45, 2.75) is 96.6 Å². The number of unbranched alkanes of at least 4 members (excludes halogenated alkanes) is 2. The van der Waals surface area contributed by atoms with E-state index in [1.54, 1.807) is 24.3 Å². The molecule has 1 saturated heterocycles. The van der Waals surface area contributed by atoms with Gasteiger partial charge in [0.05, 0.1) is 51.7 Å². The second-order valence-corrected chi connectivity index (χ2v) is 15.0. The molecule has 0 aliphatic carbocycles. The van der Waals surface area contributed by atoms with Crippen LogP contribution in [0.4, 0.5) is 0 Å². The molecule has 0 saturated carbocycles. The SMILES string of the molecule is CCCCOP(=O)(OCCCC)OC1OC(COCc2ccccc2)C(OCc2ccccc2)C(OCc2ccccc2)C1OC(=O)c1ccccc1CN=[N+]=[N-]. The van der Waals surface area contributed by atoms with Crippen LogP contribution in [0, 0.1) is 0 Å². The zero-order chi connectivity index (χ0) is 40.1. The predicted octanol–water partition coefficient (Wildman–Crippen LogP) is 9.89. The van der Waals surface area contributed by atoms with E-state index in [1.807, 2.05) is 105 Å². The molecule has 304 valence electrons. The number of phosphoric acid groups is 1. The molecule has 4 aromatic rings. The van der Waals surface area contributed by atoms with Crippen LogP contribution in [0.25, 0.3) is 10.4 Å². The Balaban J connectivity index is 1.56. The Morgan fingerprint density at radius 3 is 1.81 bits per heavy atom. The van der Waals surface area contributed by atoms with Gasteiger partial charge in [-0.1, -0.05) is 141 Å². The van der Waals surface area contributed by atoms with Gasteiger partial charge in [0, 0.05) is 4.91 Å². The number of carbonyl (C=O) groups excluding carboxylic acids is 1. The lowest BCUT2D eigenvalue weighted by molar-refractivity contribution is -0.302. The average molecular weight is 802 g/mol. The molecule has 0 N–H and O–H groups in total. The van der Waals surface area contributed by atoms with Crippen molar-refractivity contribution >= 4 is 13.8 Å². The molecule has 5 unspecified atom stereocenters. The van der Waals surface area contributed by atoms with Gasteiger partial charge in [-0.25, -0.2) is 9.36 Å². The average Bonchev–Trinajstić information content (AvgIpc) is 3.24. The summed E-state index contributed by atoms with van der Waals surface area (Å²) in [6, 6.07) is 35.5. The van der Waals surface area contributed by atoms with Gasteiger partial charge in [0.2, 0.25) is 6.29 Å². The van der Waals surface area contributed by atoms with Gasteiger partial charge < -0.3 is 23.7 Å². The van der Waals surface area contributed by atoms with Crippen molar-refractivity contribution in [2.75, 3.05) is 19.8 Å². The van der Waals surface area contributed by atoms with Crippen LogP contribution in [0.2, 0.25) is 0 Å².